The molecule has 4 heteroatoms. The number of rotatable bonds is 4. The van der Waals surface area contributed by atoms with Gasteiger partial charge in [-0.2, -0.15) is 0 Å². The lowest BCUT2D eigenvalue weighted by molar-refractivity contribution is 0.649. The van der Waals surface area contributed by atoms with Crippen LogP contribution in [0.5, 0.6) is 0 Å². The van der Waals surface area contributed by atoms with Crippen LogP contribution in [0.1, 0.15) is 36.0 Å². The Labute approximate surface area is 106 Å². The Kier molecular flexibility index (Phi) is 3.79. The van der Waals surface area contributed by atoms with Gasteiger partial charge in [0.05, 0.1) is 18.1 Å². The van der Waals surface area contributed by atoms with Crippen molar-refractivity contribution < 1.29 is 0 Å². The maximum atomic E-state index is 5.94. The molecule has 17 heavy (non-hydrogen) atoms. The van der Waals surface area contributed by atoms with Gasteiger partial charge < -0.3 is 0 Å². The van der Waals surface area contributed by atoms with Gasteiger partial charge in [0.15, 0.2) is 0 Å². The Balaban J connectivity index is 2.08. The van der Waals surface area contributed by atoms with Crippen LogP contribution in [0.2, 0.25) is 0 Å². The van der Waals surface area contributed by atoms with E-state index in [1.807, 2.05) is 17.8 Å². The molecule has 0 saturated carbocycles. The lowest BCUT2D eigenvalue weighted by Crippen LogP contribution is -2.00. The molecule has 1 heterocycles. The summed E-state index contributed by atoms with van der Waals surface area (Å²) in [6.07, 6.45) is 2.96. The zero-order chi connectivity index (χ0) is 12.3. The van der Waals surface area contributed by atoms with E-state index in [4.69, 9.17) is 11.6 Å². The molecule has 0 N–H and O–H groups in total. The van der Waals surface area contributed by atoms with Crippen LogP contribution in [0.3, 0.4) is 0 Å². The van der Waals surface area contributed by atoms with Crippen LogP contribution in [0.15, 0.2) is 30.5 Å². The standard InChI is InChI=1S/C13H16ClN3/c1-3-11-4-6-12(7-5-11)8-17-9-13(10(2)14)15-16-17/h4-7,9-10H,3,8H2,1-2H3. The van der Waals surface area contributed by atoms with Gasteiger partial charge >= 0.3 is 0 Å². The highest BCUT2D eigenvalue weighted by Crippen LogP contribution is 2.16. The molecule has 0 aliphatic carbocycles. The number of hydrogen-bond acceptors (Lipinski definition) is 2. The molecule has 1 atom stereocenters. The molecule has 0 radical (unpaired) electrons. The molecule has 0 aliphatic heterocycles. The van der Waals surface area contributed by atoms with Gasteiger partial charge in [-0.05, 0) is 24.5 Å². The molecule has 1 aromatic carbocycles. The van der Waals surface area contributed by atoms with Crippen molar-refractivity contribution in [1.82, 2.24) is 15.0 Å². The van der Waals surface area contributed by atoms with E-state index >= 15 is 0 Å². The summed E-state index contributed by atoms with van der Waals surface area (Å²) in [7, 11) is 0. The number of benzene rings is 1. The third-order valence-corrected chi connectivity index (χ3v) is 2.96. The Morgan fingerprint density at radius 1 is 1.24 bits per heavy atom. The second-order valence-corrected chi connectivity index (χ2v) is 4.78. The minimum absolute atomic E-state index is 0.0915. The maximum absolute atomic E-state index is 5.94. The summed E-state index contributed by atoms with van der Waals surface area (Å²) in [4.78, 5) is 0. The Hall–Kier alpha value is -1.35. The maximum Gasteiger partial charge on any atom is 0.100 e. The van der Waals surface area contributed by atoms with Crippen molar-refractivity contribution in [1.29, 1.82) is 0 Å². The number of hydrogen-bond donors (Lipinski definition) is 0. The molecule has 2 rings (SSSR count). The molecule has 1 unspecified atom stereocenters. The first-order valence-corrected chi connectivity index (χ1v) is 6.24. The average molecular weight is 250 g/mol. The first kappa shape index (κ1) is 12.1. The van der Waals surface area contributed by atoms with Gasteiger partial charge in [0.2, 0.25) is 0 Å². The van der Waals surface area contributed by atoms with Crippen molar-refractivity contribution in [3.8, 4) is 0 Å². The fourth-order valence-corrected chi connectivity index (χ4v) is 1.74. The van der Waals surface area contributed by atoms with Gasteiger partial charge in [0.25, 0.3) is 0 Å². The van der Waals surface area contributed by atoms with Crippen molar-refractivity contribution in [2.24, 2.45) is 0 Å². The normalized spacial score (nSPS) is 12.6. The van der Waals surface area contributed by atoms with Gasteiger partial charge in [-0.3, -0.25) is 0 Å². The van der Waals surface area contributed by atoms with Crippen molar-refractivity contribution >= 4 is 11.6 Å². The number of nitrogens with zero attached hydrogens (tertiary/aromatic N) is 3. The number of aromatic nitrogens is 3. The van der Waals surface area contributed by atoms with Crippen LogP contribution in [-0.2, 0) is 13.0 Å². The van der Waals surface area contributed by atoms with E-state index in [0.717, 1.165) is 18.7 Å². The number of halogens is 1. The van der Waals surface area contributed by atoms with Gasteiger partial charge in [-0.1, -0.05) is 36.4 Å². The van der Waals surface area contributed by atoms with Crippen molar-refractivity contribution in [3.63, 3.8) is 0 Å². The van der Waals surface area contributed by atoms with Crippen LogP contribution in [0.4, 0.5) is 0 Å². The number of aryl methyl sites for hydroxylation is 1. The monoisotopic (exact) mass is 249 g/mol. The van der Waals surface area contributed by atoms with Gasteiger partial charge in [-0.25, -0.2) is 4.68 Å². The fourth-order valence-electron chi connectivity index (χ4n) is 1.64. The Bertz CT molecular complexity index is 474. The topological polar surface area (TPSA) is 30.7 Å². The SMILES string of the molecule is CCc1ccc(Cn2cc(C(C)Cl)nn2)cc1. The predicted octanol–water partition coefficient (Wildman–Crippen LogP) is 3.19. The molecular formula is C13H16ClN3. The zero-order valence-electron chi connectivity index (χ0n) is 10.1. The summed E-state index contributed by atoms with van der Waals surface area (Å²) < 4.78 is 1.81. The minimum Gasteiger partial charge on any atom is -0.248 e. The highest BCUT2D eigenvalue weighted by atomic mass is 35.5. The van der Waals surface area contributed by atoms with E-state index in [0.29, 0.717) is 0 Å². The van der Waals surface area contributed by atoms with Gasteiger partial charge in [-0.15, -0.1) is 16.7 Å². The quantitative estimate of drug-likeness (QED) is 0.780. The highest BCUT2D eigenvalue weighted by molar-refractivity contribution is 6.20. The molecule has 2 aromatic rings. The fraction of sp³-hybridized carbons (Fsp3) is 0.385. The summed E-state index contributed by atoms with van der Waals surface area (Å²) in [5.74, 6) is 0. The number of alkyl halides is 1. The van der Waals surface area contributed by atoms with Gasteiger partial charge in [0, 0.05) is 0 Å². The smallest absolute Gasteiger partial charge is 0.100 e. The third kappa shape index (κ3) is 3.07. The van der Waals surface area contributed by atoms with Crippen LogP contribution < -0.4 is 0 Å². The third-order valence-electron chi connectivity index (χ3n) is 2.74. The highest BCUT2D eigenvalue weighted by Gasteiger charge is 2.06. The molecule has 3 nitrogen and oxygen atoms in total. The summed E-state index contributed by atoms with van der Waals surface area (Å²) in [6.45, 7) is 4.78. The van der Waals surface area contributed by atoms with Crippen LogP contribution in [0, 0.1) is 0 Å². The van der Waals surface area contributed by atoms with E-state index in [-0.39, 0.29) is 5.38 Å². The summed E-state index contributed by atoms with van der Waals surface area (Å²) in [6, 6.07) is 8.56. The molecule has 0 bridgehead atoms. The molecule has 1 aromatic heterocycles. The molecule has 0 amide bonds. The van der Waals surface area contributed by atoms with E-state index in [1.54, 1.807) is 0 Å². The summed E-state index contributed by atoms with van der Waals surface area (Å²) in [5, 5.41) is 7.99. The molecule has 0 aliphatic rings. The van der Waals surface area contributed by atoms with Crippen LogP contribution in [-0.4, -0.2) is 15.0 Å². The van der Waals surface area contributed by atoms with Crippen molar-refractivity contribution in [3.05, 3.63) is 47.3 Å². The lowest BCUT2D eigenvalue weighted by atomic mass is 10.1. The molecular weight excluding hydrogens is 234 g/mol. The minimum atomic E-state index is -0.0915. The van der Waals surface area contributed by atoms with Crippen molar-refractivity contribution in [2.45, 2.75) is 32.2 Å². The van der Waals surface area contributed by atoms with Crippen molar-refractivity contribution in [2.75, 3.05) is 0 Å². The van der Waals surface area contributed by atoms with E-state index in [2.05, 4.69) is 41.5 Å². The second kappa shape index (κ2) is 5.32. The van der Waals surface area contributed by atoms with Gasteiger partial charge in [0.1, 0.15) is 5.69 Å². The first-order chi connectivity index (χ1) is 8.19. The second-order valence-electron chi connectivity index (χ2n) is 4.13. The predicted molar refractivity (Wildman–Crippen MR) is 69.2 cm³/mol. The molecule has 0 fully saturated rings. The molecule has 0 spiro atoms. The Morgan fingerprint density at radius 2 is 1.88 bits per heavy atom. The van der Waals surface area contributed by atoms with E-state index in [9.17, 15) is 0 Å². The van der Waals surface area contributed by atoms with E-state index in [1.165, 1.54) is 11.1 Å². The summed E-state index contributed by atoms with van der Waals surface area (Å²) in [5.41, 5.74) is 3.39. The lowest BCUT2D eigenvalue weighted by Gasteiger charge is -2.02. The van der Waals surface area contributed by atoms with Crippen LogP contribution in [0.25, 0.3) is 0 Å². The molecule has 0 saturated heterocycles. The average Bonchev–Trinajstić information content (AvgIpc) is 2.79. The summed E-state index contributed by atoms with van der Waals surface area (Å²) >= 11 is 5.94. The zero-order valence-corrected chi connectivity index (χ0v) is 10.9. The van der Waals surface area contributed by atoms with Crippen LogP contribution >= 0.6 is 11.6 Å². The van der Waals surface area contributed by atoms with E-state index < -0.39 is 0 Å². The Morgan fingerprint density at radius 3 is 2.41 bits per heavy atom. The molecule has 90 valence electrons. The largest absolute Gasteiger partial charge is 0.248 e. The first-order valence-electron chi connectivity index (χ1n) is 5.81.